The van der Waals surface area contributed by atoms with E-state index in [0.29, 0.717) is 5.69 Å². The number of carboxylic acid groups (broad SMARTS) is 1. The van der Waals surface area contributed by atoms with Crippen LogP contribution in [-0.2, 0) is 4.79 Å². The first kappa shape index (κ1) is 13.5. The molecule has 2 aromatic rings. The number of carbonyl (C=O) groups excluding carboxylic acids is 2. The van der Waals surface area contributed by atoms with Gasteiger partial charge in [0.25, 0.3) is 0 Å². The van der Waals surface area contributed by atoms with Gasteiger partial charge in [-0.15, -0.1) is 0 Å². The molecular formula is C16H12NO3-. The molecule has 2 rings (SSSR count). The second-order valence-corrected chi connectivity index (χ2v) is 4.10. The molecule has 1 amide bonds. The van der Waals surface area contributed by atoms with Gasteiger partial charge < -0.3 is 15.2 Å². The van der Waals surface area contributed by atoms with E-state index in [2.05, 4.69) is 5.32 Å². The summed E-state index contributed by atoms with van der Waals surface area (Å²) in [4.78, 5) is 22.4. The van der Waals surface area contributed by atoms with E-state index in [9.17, 15) is 14.7 Å². The molecule has 100 valence electrons. The van der Waals surface area contributed by atoms with Crippen LogP contribution in [0, 0.1) is 0 Å². The lowest BCUT2D eigenvalue weighted by molar-refractivity contribution is -0.255. The second-order valence-electron chi connectivity index (χ2n) is 4.10. The fourth-order valence-electron chi connectivity index (χ4n) is 1.64. The third kappa shape index (κ3) is 3.81. The number of aromatic carboxylic acids is 1. The summed E-state index contributed by atoms with van der Waals surface area (Å²) in [5.74, 6) is -1.61. The molecule has 0 atom stereocenters. The molecule has 0 spiro atoms. The van der Waals surface area contributed by atoms with Crippen LogP contribution in [0.15, 0.2) is 60.7 Å². The van der Waals surface area contributed by atoms with E-state index in [0.717, 1.165) is 5.56 Å². The molecular weight excluding hydrogens is 254 g/mol. The smallest absolute Gasteiger partial charge is 0.248 e. The molecule has 20 heavy (non-hydrogen) atoms. The predicted octanol–water partition coefficient (Wildman–Crippen LogP) is 1.70. The molecule has 0 heterocycles. The zero-order valence-corrected chi connectivity index (χ0v) is 10.6. The van der Waals surface area contributed by atoms with E-state index in [1.807, 2.05) is 30.3 Å². The van der Waals surface area contributed by atoms with Gasteiger partial charge in [0.2, 0.25) is 5.91 Å². The SMILES string of the molecule is O=C(C=Cc1ccccc1)Nc1cccc(C(=O)[O-])c1. The molecule has 0 bridgehead atoms. The molecule has 0 fully saturated rings. The van der Waals surface area contributed by atoms with Gasteiger partial charge in [-0.25, -0.2) is 0 Å². The van der Waals surface area contributed by atoms with Crippen molar-refractivity contribution in [2.75, 3.05) is 5.32 Å². The molecule has 0 aromatic heterocycles. The average molecular weight is 266 g/mol. The van der Waals surface area contributed by atoms with Gasteiger partial charge in [-0.3, -0.25) is 4.79 Å². The maximum absolute atomic E-state index is 11.7. The Morgan fingerprint density at radius 3 is 2.45 bits per heavy atom. The summed E-state index contributed by atoms with van der Waals surface area (Å²) >= 11 is 0. The summed E-state index contributed by atoms with van der Waals surface area (Å²) < 4.78 is 0. The number of benzene rings is 2. The first-order valence-electron chi connectivity index (χ1n) is 6.01. The number of rotatable bonds is 4. The first-order chi connectivity index (χ1) is 9.65. The highest BCUT2D eigenvalue weighted by molar-refractivity contribution is 6.02. The third-order valence-corrected chi connectivity index (χ3v) is 2.59. The summed E-state index contributed by atoms with van der Waals surface area (Å²) in [6, 6.07) is 15.3. The van der Waals surface area contributed by atoms with Crippen LogP contribution in [0.2, 0.25) is 0 Å². The van der Waals surface area contributed by atoms with Crippen molar-refractivity contribution in [2.24, 2.45) is 0 Å². The molecule has 0 radical (unpaired) electrons. The summed E-state index contributed by atoms with van der Waals surface area (Å²) in [5.41, 5.74) is 1.34. The van der Waals surface area contributed by atoms with Gasteiger partial charge in [-0.1, -0.05) is 42.5 Å². The lowest BCUT2D eigenvalue weighted by Gasteiger charge is -2.06. The average Bonchev–Trinajstić information content (AvgIpc) is 2.46. The van der Waals surface area contributed by atoms with Crippen molar-refractivity contribution >= 4 is 23.6 Å². The molecule has 0 aliphatic rings. The van der Waals surface area contributed by atoms with Crippen LogP contribution in [0.25, 0.3) is 6.08 Å². The van der Waals surface area contributed by atoms with Gasteiger partial charge >= 0.3 is 0 Å². The van der Waals surface area contributed by atoms with E-state index >= 15 is 0 Å². The molecule has 4 heteroatoms. The number of anilines is 1. The molecule has 1 N–H and O–H groups in total. The van der Waals surface area contributed by atoms with Crippen molar-refractivity contribution in [1.82, 2.24) is 0 Å². The molecule has 0 aliphatic carbocycles. The molecule has 0 saturated heterocycles. The fourth-order valence-corrected chi connectivity index (χ4v) is 1.64. The highest BCUT2D eigenvalue weighted by atomic mass is 16.4. The van der Waals surface area contributed by atoms with Crippen molar-refractivity contribution in [3.05, 3.63) is 71.8 Å². The molecule has 0 saturated carbocycles. The maximum Gasteiger partial charge on any atom is 0.248 e. The van der Waals surface area contributed by atoms with Crippen LogP contribution in [0.5, 0.6) is 0 Å². The van der Waals surface area contributed by atoms with Gasteiger partial charge in [0, 0.05) is 11.8 Å². The number of carbonyl (C=O) groups is 2. The number of hydrogen-bond acceptors (Lipinski definition) is 3. The Morgan fingerprint density at radius 2 is 1.75 bits per heavy atom. The van der Waals surface area contributed by atoms with E-state index in [4.69, 9.17) is 0 Å². The van der Waals surface area contributed by atoms with Crippen molar-refractivity contribution in [1.29, 1.82) is 0 Å². The number of nitrogens with one attached hydrogen (secondary N) is 1. The minimum absolute atomic E-state index is 0.0230. The van der Waals surface area contributed by atoms with Crippen molar-refractivity contribution in [3.63, 3.8) is 0 Å². The Hall–Kier alpha value is -2.88. The van der Waals surface area contributed by atoms with Crippen LogP contribution in [-0.4, -0.2) is 11.9 Å². The minimum Gasteiger partial charge on any atom is -0.545 e. The van der Waals surface area contributed by atoms with Crippen LogP contribution in [0.3, 0.4) is 0 Å². The summed E-state index contributed by atoms with van der Waals surface area (Å²) in [6.07, 6.45) is 3.07. The number of amides is 1. The van der Waals surface area contributed by atoms with E-state index in [-0.39, 0.29) is 11.5 Å². The quantitative estimate of drug-likeness (QED) is 0.856. The Kier molecular flexibility index (Phi) is 4.29. The molecule has 4 nitrogen and oxygen atoms in total. The Balaban J connectivity index is 2.03. The molecule has 0 aliphatic heterocycles. The highest BCUT2D eigenvalue weighted by Crippen LogP contribution is 2.10. The van der Waals surface area contributed by atoms with Gasteiger partial charge in [0.15, 0.2) is 0 Å². The lowest BCUT2D eigenvalue weighted by atomic mass is 10.2. The Bertz CT molecular complexity index is 648. The highest BCUT2D eigenvalue weighted by Gasteiger charge is 2.00. The topological polar surface area (TPSA) is 69.2 Å². The number of carboxylic acids is 1. The van der Waals surface area contributed by atoms with Gasteiger partial charge in [-0.2, -0.15) is 0 Å². The Morgan fingerprint density at radius 1 is 1.00 bits per heavy atom. The van der Waals surface area contributed by atoms with Crippen molar-refractivity contribution in [2.45, 2.75) is 0 Å². The fraction of sp³-hybridized carbons (Fsp3) is 0. The van der Waals surface area contributed by atoms with Crippen molar-refractivity contribution < 1.29 is 14.7 Å². The Labute approximate surface area is 116 Å². The monoisotopic (exact) mass is 266 g/mol. The summed E-state index contributed by atoms with van der Waals surface area (Å²) in [6.45, 7) is 0. The first-order valence-corrected chi connectivity index (χ1v) is 6.01. The molecule has 2 aromatic carbocycles. The number of hydrogen-bond donors (Lipinski definition) is 1. The minimum atomic E-state index is -1.28. The van der Waals surface area contributed by atoms with E-state index in [1.54, 1.807) is 18.2 Å². The van der Waals surface area contributed by atoms with Gasteiger partial charge in [0.05, 0.1) is 5.97 Å². The summed E-state index contributed by atoms with van der Waals surface area (Å²) in [5, 5.41) is 13.3. The second kappa shape index (κ2) is 6.33. The van der Waals surface area contributed by atoms with Crippen LogP contribution in [0.1, 0.15) is 15.9 Å². The van der Waals surface area contributed by atoms with Crippen molar-refractivity contribution in [3.8, 4) is 0 Å². The van der Waals surface area contributed by atoms with Crippen LogP contribution < -0.4 is 10.4 Å². The predicted molar refractivity (Wildman–Crippen MR) is 74.9 cm³/mol. The molecule has 0 unspecified atom stereocenters. The van der Waals surface area contributed by atoms with Crippen LogP contribution >= 0.6 is 0 Å². The maximum atomic E-state index is 11.7. The van der Waals surface area contributed by atoms with Gasteiger partial charge in [-0.05, 0) is 29.3 Å². The third-order valence-electron chi connectivity index (χ3n) is 2.59. The summed E-state index contributed by atoms with van der Waals surface area (Å²) in [7, 11) is 0. The largest absolute Gasteiger partial charge is 0.545 e. The zero-order chi connectivity index (χ0) is 14.4. The zero-order valence-electron chi connectivity index (χ0n) is 10.6. The lowest BCUT2D eigenvalue weighted by Crippen LogP contribution is -2.22. The van der Waals surface area contributed by atoms with E-state index in [1.165, 1.54) is 18.2 Å². The normalized spacial score (nSPS) is 10.4. The van der Waals surface area contributed by atoms with E-state index < -0.39 is 5.97 Å². The van der Waals surface area contributed by atoms with Gasteiger partial charge in [0.1, 0.15) is 0 Å². The van der Waals surface area contributed by atoms with Crippen LogP contribution in [0.4, 0.5) is 5.69 Å². The standard InChI is InChI=1S/C16H13NO3/c18-15(10-9-12-5-2-1-3-6-12)17-14-8-4-7-13(11-14)16(19)20/h1-11H,(H,17,18)(H,19,20)/p-1.